The van der Waals surface area contributed by atoms with Gasteiger partial charge in [0.25, 0.3) is 0 Å². The molecule has 0 bridgehead atoms. The molecule has 0 radical (unpaired) electrons. The van der Waals surface area contributed by atoms with E-state index in [1.54, 1.807) is 18.2 Å². The summed E-state index contributed by atoms with van der Waals surface area (Å²) in [7, 11) is 0. The maximum Gasteiger partial charge on any atom is 0.321 e. The van der Waals surface area contributed by atoms with Crippen LogP contribution in [0, 0.1) is 12.8 Å². The van der Waals surface area contributed by atoms with E-state index in [0.717, 1.165) is 31.7 Å². The summed E-state index contributed by atoms with van der Waals surface area (Å²) in [6.07, 6.45) is 1.86. The Morgan fingerprint density at radius 3 is 2.46 bits per heavy atom. The van der Waals surface area contributed by atoms with Gasteiger partial charge in [0.05, 0.1) is 16.7 Å². The summed E-state index contributed by atoms with van der Waals surface area (Å²) in [5.74, 6) is 1.36. The first-order valence-corrected chi connectivity index (χ1v) is 9.47. The van der Waals surface area contributed by atoms with Crippen LogP contribution in [-0.2, 0) is 0 Å². The molecule has 1 N–H and O–H groups in total. The first-order valence-electron chi connectivity index (χ1n) is 8.72. The van der Waals surface area contributed by atoms with E-state index in [2.05, 4.69) is 12.2 Å². The van der Waals surface area contributed by atoms with Crippen LogP contribution in [0.5, 0.6) is 5.75 Å². The summed E-state index contributed by atoms with van der Waals surface area (Å²) in [6.45, 7) is 4.18. The van der Waals surface area contributed by atoms with Crippen molar-refractivity contribution in [2.24, 2.45) is 5.92 Å². The molecular weight excluding hydrogens is 371 g/mol. The first-order chi connectivity index (χ1) is 12.5. The molecule has 1 fully saturated rings. The number of piperidine rings is 1. The molecule has 0 spiro atoms. The third kappa shape index (κ3) is 5.05. The van der Waals surface area contributed by atoms with Crippen LogP contribution in [0.3, 0.4) is 0 Å². The largest absolute Gasteiger partial charge is 0.493 e. The average Bonchev–Trinajstić information content (AvgIpc) is 2.65. The lowest BCUT2D eigenvalue weighted by Gasteiger charge is -2.32. The Balaban J connectivity index is 1.44. The van der Waals surface area contributed by atoms with Crippen LogP contribution >= 0.6 is 23.2 Å². The number of carbonyl (C=O) groups excluding carboxylic acids is 1. The highest BCUT2D eigenvalue weighted by molar-refractivity contribution is 6.42. The van der Waals surface area contributed by atoms with Crippen molar-refractivity contribution in [1.82, 2.24) is 4.90 Å². The van der Waals surface area contributed by atoms with Gasteiger partial charge in [0, 0.05) is 18.8 Å². The van der Waals surface area contributed by atoms with Gasteiger partial charge in [0.2, 0.25) is 0 Å². The second kappa shape index (κ2) is 8.65. The molecule has 3 rings (SSSR count). The van der Waals surface area contributed by atoms with Gasteiger partial charge in [-0.05, 0) is 56.0 Å². The Morgan fingerprint density at radius 1 is 1.12 bits per heavy atom. The van der Waals surface area contributed by atoms with Crippen LogP contribution in [0.1, 0.15) is 18.4 Å². The minimum Gasteiger partial charge on any atom is -0.493 e. The fraction of sp³-hybridized carbons (Fsp3) is 0.350. The molecule has 1 saturated heterocycles. The molecule has 0 unspecified atom stereocenters. The van der Waals surface area contributed by atoms with E-state index >= 15 is 0 Å². The molecule has 2 amide bonds. The van der Waals surface area contributed by atoms with Crippen LogP contribution in [0.4, 0.5) is 10.5 Å². The Morgan fingerprint density at radius 2 is 1.81 bits per heavy atom. The van der Waals surface area contributed by atoms with E-state index < -0.39 is 0 Å². The van der Waals surface area contributed by atoms with Crippen LogP contribution in [-0.4, -0.2) is 30.6 Å². The van der Waals surface area contributed by atoms with E-state index in [0.29, 0.717) is 28.3 Å². The molecule has 1 aliphatic rings. The summed E-state index contributed by atoms with van der Waals surface area (Å²) < 4.78 is 5.87. The van der Waals surface area contributed by atoms with Gasteiger partial charge in [0.1, 0.15) is 5.75 Å². The van der Waals surface area contributed by atoms with Crippen LogP contribution in [0.15, 0.2) is 42.5 Å². The summed E-state index contributed by atoms with van der Waals surface area (Å²) >= 11 is 11.9. The number of hydrogen-bond donors (Lipinski definition) is 1. The molecule has 26 heavy (non-hydrogen) atoms. The number of carbonyl (C=O) groups is 1. The summed E-state index contributed by atoms with van der Waals surface area (Å²) in [5.41, 5.74) is 1.87. The molecule has 2 aromatic rings. The Kier molecular flexibility index (Phi) is 6.28. The van der Waals surface area contributed by atoms with Gasteiger partial charge in [-0.3, -0.25) is 0 Å². The number of hydrogen-bond acceptors (Lipinski definition) is 2. The minimum atomic E-state index is -0.110. The van der Waals surface area contributed by atoms with E-state index in [4.69, 9.17) is 27.9 Å². The predicted octanol–water partition coefficient (Wildman–Crippen LogP) is 5.62. The van der Waals surface area contributed by atoms with E-state index in [9.17, 15) is 4.79 Å². The highest BCUT2D eigenvalue weighted by Gasteiger charge is 2.23. The molecule has 1 heterocycles. The maximum atomic E-state index is 12.4. The van der Waals surface area contributed by atoms with Crippen molar-refractivity contribution in [3.8, 4) is 5.75 Å². The standard InChI is InChI=1S/C20H22Cl2N2O2/c1-14-2-5-17(6-3-14)26-13-15-8-10-24(11-9-15)20(25)23-16-4-7-18(21)19(22)12-16/h2-7,12,15H,8-11,13H2,1H3,(H,23,25). The van der Waals surface area contributed by atoms with Gasteiger partial charge in [-0.2, -0.15) is 0 Å². The third-order valence-corrected chi connectivity index (χ3v) is 5.32. The third-order valence-electron chi connectivity index (χ3n) is 4.58. The number of nitrogens with zero attached hydrogens (tertiary/aromatic N) is 1. The summed E-state index contributed by atoms with van der Waals surface area (Å²) in [4.78, 5) is 14.2. The SMILES string of the molecule is Cc1ccc(OCC2CCN(C(=O)Nc3ccc(Cl)c(Cl)c3)CC2)cc1. The molecule has 0 aromatic heterocycles. The fourth-order valence-electron chi connectivity index (χ4n) is 2.93. The van der Waals surface area contributed by atoms with E-state index in [1.807, 2.05) is 29.2 Å². The van der Waals surface area contributed by atoms with Crippen molar-refractivity contribution in [3.05, 3.63) is 58.1 Å². The second-order valence-corrected chi connectivity index (χ2v) is 7.43. The molecule has 6 heteroatoms. The summed E-state index contributed by atoms with van der Waals surface area (Å²) in [6, 6.07) is 13.1. The Hall–Kier alpha value is -1.91. The topological polar surface area (TPSA) is 41.6 Å². The van der Waals surface area contributed by atoms with Gasteiger partial charge in [-0.1, -0.05) is 40.9 Å². The van der Waals surface area contributed by atoms with Gasteiger partial charge >= 0.3 is 6.03 Å². The van der Waals surface area contributed by atoms with Crippen molar-refractivity contribution in [1.29, 1.82) is 0 Å². The van der Waals surface area contributed by atoms with E-state index in [-0.39, 0.29) is 6.03 Å². The normalized spacial score (nSPS) is 15.0. The maximum absolute atomic E-state index is 12.4. The molecule has 0 aliphatic carbocycles. The molecular formula is C20H22Cl2N2O2. The molecule has 0 atom stereocenters. The minimum absolute atomic E-state index is 0.110. The van der Waals surface area contributed by atoms with Gasteiger partial charge in [-0.15, -0.1) is 0 Å². The average molecular weight is 393 g/mol. The van der Waals surface area contributed by atoms with Crippen LogP contribution in [0.25, 0.3) is 0 Å². The lowest BCUT2D eigenvalue weighted by molar-refractivity contribution is 0.152. The van der Waals surface area contributed by atoms with Crippen molar-refractivity contribution >= 4 is 34.9 Å². The van der Waals surface area contributed by atoms with Crippen molar-refractivity contribution < 1.29 is 9.53 Å². The summed E-state index contributed by atoms with van der Waals surface area (Å²) in [5, 5.41) is 3.77. The van der Waals surface area contributed by atoms with Crippen LogP contribution in [0.2, 0.25) is 10.0 Å². The zero-order chi connectivity index (χ0) is 18.5. The number of anilines is 1. The zero-order valence-electron chi connectivity index (χ0n) is 14.7. The van der Waals surface area contributed by atoms with Crippen LogP contribution < -0.4 is 10.1 Å². The second-order valence-electron chi connectivity index (χ2n) is 6.61. The number of rotatable bonds is 4. The van der Waals surface area contributed by atoms with Crippen molar-refractivity contribution in [2.75, 3.05) is 25.0 Å². The van der Waals surface area contributed by atoms with Gasteiger partial charge in [0.15, 0.2) is 0 Å². The number of benzene rings is 2. The number of nitrogens with one attached hydrogen (secondary N) is 1. The lowest BCUT2D eigenvalue weighted by Crippen LogP contribution is -2.42. The highest BCUT2D eigenvalue weighted by Crippen LogP contribution is 2.26. The Labute approximate surface area is 164 Å². The molecule has 1 aliphatic heterocycles. The quantitative estimate of drug-likeness (QED) is 0.732. The number of urea groups is 1. The molecule has 0 saturated carbocycles. The number of halogens is 2. The van der Waals surface area contributed by atoms with Gasteiger partial charge < -0.3 is 15.0 Å². The zero-order valence-corrected chi connectivity index (χ0v) is 16.2. The molecule has 2 aromatic carbocycles. The lowest BCUT2D eigenvalue weighted by atomic mass is 9.98. The molecule has 138 valence electrons. The number of ether oxygens (including phenoxy) is 1. The highest BCUT2D eigenvalue weighted by atomic mass is 35.5. The molecule has 4 nitrogen and oxygen atoms in total. The van der Waals surface area contributed by atoms with Crippen molar-refractivity contribution in [3.63, 3.8) is 0 Å². The van der Waals surface area contributed by atoms with E-state index in [1.165, 1.54) is 5.56 Å². The monoisotopic (exact) mass is 392 g/mol. The first kappa shape index (κ1) is 18.9. The number of amides is 2. The van der Waals surface area contributed by atoms with Crippen molar-refractivity contribution in [2.45, 2.75) is 19.8 Å². The number of likely N-dealkylation sites (tertiary alicyclic amines) is 1. The van der Waals surface area contributed by atoms with Gasteiger partial charge in [-0.25, -0.2) is 4.79 Å². The number of aryl methyl sites for hydroxylation is 1. The Bertz CT molecular complexity index is 757. The predicted molar refractivity (Wildman–Crippen MR) is 106 cm³/mol. The fourth-order valence-corrected chi connectivity index (χ4v) is 3.23. The smallest absolute Gasteiger partial charge is 0.321 e.